The van der Waals surface area contributed by atoms with Gasteiger partial charge >= 0.3 is 5.00 Å². The summed E-state index contributed by atoms with van der Waals surface area (Å²) in [5.74, 6) is 0. The largest absolute Gasteiger partial charge is 0.344 e. The fourth-order valence-corrected chi connectivity index (χ4v) is 2.42. The highest BCUT2D eigenvalue weighted by Gasteiger charge is 2.14. The molecule has 0 atom stereocenters. The zero-order chi connectivity index (χ0) is 12.0. The van der Waals surface area contributed by atoms with Crippen molar-refractivity contribution < 1.29 is 4.92 Å². The summed E-state index contributed by atoms with van der Waals surface area (Å²) in [7, 11) is 0. The molecule has 0 aliphatic heterocycles. The Labute approximate surface area is 97.9 Å². The Morgan fingerprint density at radius 3 is 2.88 bits per heavy atom. The quantitative estimate of drug-likeness (QED) is 0.485. The van der Waals surface area contributed by atoms with Gasteiger partial charge in [0.2, 0.25) is 4.96 Å². The van der Waals surface area contributed by atoms with E-state index in [4.69, 9.17) is 0 Å². The lowest BCUT2D eigenvalue weighted by atomic mass is 10.2. The molecule has 3 aromatic rings. The lowest BCUT2D eigenvalue weighted by molar-refractivity contribution is -0.380. The highest BCUT2D eigenvalue weighted by molar-refractivity contribution is 7.20. The van der Waals surface area contributed by atoms with Gasteiger partial charge in [-0.15, -0.1) is 0 Å². The molecule has 0 bridgehead atoms. The van der Waals surface area contributed by atoms with Crippen molar-refractivity contribution in [3.63, 3.8) is 0 Å². The van der Waals surface area contributed by atoms with Crippen molar-refractivity contribution in [3.8, 4) is 0 Å². The molecule has 0 aliphatic rings. The molecule has 0 N–H and O–H groups in total. The molecule has 7 heteroatoms. The van der Waals surface area contributed by atoms with Gasteiger partial charge in [-0.1, -0.05) is 12.1 Å². The number of thiazole rings is 1. The third-order valence-electron chi connectivity index (χ3n) is 2.39. The van der Waals surface area contributed by atoms with Crippen LogP contribution in [0.2, 0.25) is 0 Å². The fourth-order valence-electron chi connectivity index (χ4n) is 1.63. The summed E-state index contributed by atoms with van der Waals surface area (Å²) >= 11 is 0.887. The van der Waals surface area contributed by atoms with Crippen molar-refractivity contribution in [2.24, 2.45) is 0 Å². The first kappa shape index (κ1) is 9.91. The molecule has 2 heterocycles. The Morgan fingerprint density at radius 2 is 2.12 bits per heavy atom. The molecule has 0 radical (unpaired) electrons. The van der Waals surface area contributed by atoms with E-state index in [0.29, 0.717) is 15.9 Å². The zero-order valence-electron chi connectivity index (χ0n) is 8.36. The molecule has 17 heavy (non-hydrogen) atoms. The summed E-state index contributed by atoms with van der Waals surface area (Å²) in [6.45, 7) is 0. The molecule has 84 valence electrons. The number of rotatable bonds is 1. The van der Waals surface area contributed by atoms with Crippen LogP contribution in [0.25, 0.3) is 15.9 Å². The van der Waals surface area contributed by atoms with Crippen LogP contribution in [0.5, 0.6) is 0 Å². The molecule has 0 amide bonds. The van der Waals surface area contributed by atoms with Crippen LogP contribution in [0.1, 0.15) is 0 Å². The lowest BCUT2D eigenvalue weighted by Crippen LogP contribution is -2.12. The summed E-state index contributed by atoms with van der Waals surface area (Å²) < 4.78 is 1.21. The van der Waals surface area contributed by atoms with Gasteiger partial charge in [0.25, 0.3) is 5.56 Å². The first-order chi connectivity index (χ1) is 8.16. The first-order valence-corrected chi connectivity index (χ1v) is 5.54. The van der Waals surface area contributed by atoms with Gasteiger partial charge in [-0.3, -0.25) is 19.3 Å². The second-order valence-electron chi connectivity index (χ2n) is 3.41. The maximum atomic E-state index is 12.0. The second-order valence-corrected chi connectivity index (χ2v) is 4.40. The summed E-state index contributed by atoms with van der Waals surface area (Å²) in [5, 5.41) is 11.0. The van der Waals surface area contributed by atoms with Crippen molar-refractivity contribution in [2.75, 3.05) is 0 Å². The molecule has 1 aromatic carbocycles. The Hall–Kier alpha value is -2.28. The molecule has 3 rings (SSSR count). The Morgan fingerprint density at radius 1 is 1.35 bits per heavy atom. The highest BCUT2D eigenvalue weighted by Crippen LogP contribution is 2.23. The topological polar surface area (TPSA) is 77.5 Å². The second kappa shape index (κ2) is 3.36. The van der Waals surface area contributed by atoms with E-state index in [1.165, 1.54) is 10.6 Å². The van der Waals surface area contributed by atoms with Crippen LogP contribution in [0, 0.1) is 10.1 Å². The number of nitrogens with zero attached hydrogens (tertiary/aromatic N) is 3. The molecule has 0 saturated heterocycles. The molecule has 0 saturated carbocycles. The molecule has 0 unspecified atom stereocenters. The number of aromatic nitrogens is 2. The van der Waals surface area contributed by atoms with Gasteiger partial charge in [-0.2, -0.15) is 0 Å². The average Bonchev–Trinajstić information content (AvgIpc) is 2.74. The van der Waals surface area contributed by atoms with Crippen molar-refractivity contribution in [1.82, 2.24) is 9.38 Å². The van der Waals surface area contributed by atoms with Crippen molar-refractivity contribution in [2.45, 2.75) is 0 Å². The normalized spacial score (nSPS) is 11.1. The molecule has 0 aliphatic carbocycles. The molecule has 0 fully saturated rings. The fraction of sp³-hybridized carbons (Fsp3) is 0. The maximum absolute atomic E-state index is 12.0. The standard InChI is InChI=1S/C10H5N3O3S/c14-9-6-3-1-2-4-7(6)11-10-12(9)5-8(17-10)13(15)16/h1-5H. The van der Waals surface area contributed by atoms with Gasteiger partial charge in [-0.05, 0) is 23.5 Å². The van der Waals surface area contributed by atoms with E-state index in [-0.39, 0.29) is 10.6 Å². The van der Waals surface area contributed by atoms with Crippen LogP contribution >= 0.6 is 11.3 Å². The third kappa shape index (κ3) is 1.40. The van der Waals surface area contributed by atoms with Gasteiger partial charge in [-0.25, -0.2) is 4.98 Å². The maximum Gasteiger partial charge on any atom is 0.344 e. The molecule has 6 nitrogen and oxygen atoms in total. The van der Waals surface area contributed by atoms with E-state index in [2.05, 4.69) is 4.98 Å². The monoisotopic (exact) mass is 247 g/mol. The van der Waals surface area contributed by atoms with E-state index in [1.54, 1.807) is 24.3 Å². The van der Waals surface area contributed by atoms with E-state index >= 15 is 0 Å². The van der Waals surface area contributed by atoms with Crippen molar-refractivity contribution in [3.05, 3.63) is 50.9 Å². The summed E-state index contributed by atoms with van der Waals surface area (Å²) in [4.78, 5) is 26.7. The van der Waals surface area contributed by atoms with Crippen LogP contribution < -0.4 is 5.56 Å². The number of hydrogen-bond acceptors (Lipinski definition) is 5. The van der Waals surface area contributed by atoms with E-state index in [9.17, 15) is 14.9 Å². The predicted molar refractivity (Wildman–Crippen MR) is 63.5 cm³/mol. The van der Waals surface area contributed by atoms with Gasteiger partial charge < -0.3 is 0 Å². The average molecular weight is 247 g/mol. The van der Waals surface area contributed by atoms with E-state index < -0.39 is 4.92 Å². The Kier molecular flexibility index (Phi) is 1.96. The summed E-state index contributed by atoms with van der Waals surface area (Å²) in [6, 6.07) is 6.87. The van der Waals surface area contributed by atoms with Crippen LogP contribution in [-0.4, -0.2) is 14.3 Å². The number of hydrogen-bond donors (Lipinski definition) is 0. The van der Waals surface area contributed by atoms with Crippen LogP contribution in [0.3, 0.4) is 0 Å². The molecule has 0 spiro atoms. The molecule has 2 aromatic heterocycles. The lowest BCUT2D eigenvalue weighted by Gasteiger charge is -1.95. The first-order valence-electron chi connectivity index (χ1n) is 4.72. The highest BCUT2D eigenvalue weighted by atomic mass is 32.1. The van der Waals surface area contributed by atoms with E-state index in [1.807, 2.05) is 0 Å². The van der Waals surface area contributed by atoms with E-state index in [0.717, 1.165) is 11.3 Å². The van der Waals surface area contributed by atoms with Gasteiger partial charge in [0.15, 0.2) is 0 Å². The smallest absolute Gasteiger partial charge is 0.268 e. The minimum Gasteiger partial charge on any atom is -0.268 e. The zero-order valence-corrected chi connectivity index (χ0v) is 9.18. The Bertz CT molecular complexity index is 805. The SMILES string of the molecule is O=c1c2ccccc2nc2sc([N+](=O)[O-])cn12. The summed E-state index contributed by atoms with van der Waals surface area (Å²) in [6.07, 6.45) is 1.21. The van der Waals surface area contributed by atoms with Crippen LogP contribution in [0.4, 0.5) is 5.00 Å². The Balaban J connectivity index is 2.51. The van der Waals surface area contributed by atoms with Gasteiger partial charge in [0.05, 0.1) is 15.8 Å². The van der Waals surface area contributed by atoms with Gasteiger partial charge in [0, 0.05) is 0 Å². The molecular formula is C10H5N3O3S. The molecular weight excluding hydrogens is 242 g/mol. The third-order valence-corrected chi connectivity index (χ3v) is 3.32. The van der Waals surface area contributed by atoms with Crippen LogP contribution in [-0.2, 0) is 0 Å². The number of benzene rings is 1. The summed E-state index contributed by atoms with van der Waals surface area (Å²) in [5.41, 5.74) is 0.268. The van der Waals surface area contributed by atoms with Gasteiger partial charge in [0.1, 0.15) is 6.20 Å². The van der Waals surface area contributed by atoms with Crippen molar-refractivity contribution in [1.29, 1.82) is 0 Å². The van der Waals surface area contributed by atoms with Crippen LogP contribution in [0.15, 0.2) is 35.3 Å². The number of para-hydroxylation sites is 1. The predicted octanol–water partition coefficient (Wildman–Crippen LogP) is 1.82. The van der Waals surface area contributed by atoms with Crippen molar-refractivity contribution >= 4 is 32.2 Å². The minimum absolute atomic E-state index is 0.0927. The number of nitro groups is 1. The minimum atomic E-state index is -0.524. The number of fused-ring (bicyclic) bond motifs is 2.